The molecule has 1 aromatic carbocycles. The van der Waals surface area contributed by atoms with Gasteiger partial charge in [-0.25, -0.2) is 4.98 Å². The molecule has 0 aliphatic carbocycles. The van der Waals surface area contributed by atoms with E-state index in [-0.39, 0.29) is 5.82 Å². The van der Waals surface area contributed by atoms with Crippen LogP contribution in [0.2, 0.25) is 5.02 Å². The number of nitrogens with zero attached hydrogens (tertiary/aromatic N) is 5. The van der Waals surface area contributed by atoms with Crippen LogP contribution in [0.1, 0.15) is 22.4 Å². The highest BCUT2D eigenvalue weighted by molar-refractivity contribution is 7.98. The van der Waals surface area contributed by atoms with Crippen LogP contribution in [-0.2, 0) is 0 Å². The van der Waals surface area contributed by atoms with E-state index < -0.39 is 0 Å². The van der Waals surface area contributed by atoms with Crippen LogP contribution in [0.15, 0.2) is 23.4 Å². The molecule has 0 unspecified atom stereocenters. The van der Waals surface area contributed by atoms with E-state index in [1.807, 2.05) is 32.2 Å². The van der Waals surface area contributed by atoms with Crippen molar-refractivity contribution in [1.82, 2.24) is 19.7 Å². The minimum absolute atomic E-state index is 0.227. The van der Waals surface area contributed by atoms with Crippen molar-refractivity contribution in [3.63, 3.8) is 0 Å². The minimum atomic E-state index is 0.227. The molecule has 2 heterocycles. The number of hydrogen-bond acceptors (Lipinski definition) is 7. The van der Waals surface area contributed by atoms with Gasteiger partial charge in [0.15, 0.2) is 11.0 Å². The Hall–Kier alpha value is -2.76. The van der Waals surface area contributed by atoms with Gasteiger partial charge in [-0.2, -0.15) is 20.0 Å². The van der Waals surface area contributed by atoms with Gasteiger partial charge in [0.25, 0.3) is 0 Å². The lowest BCUT2D eigenvalue weighted by molar-refractivity contribution is 0.454. The fourth-order valence-electron chi connectivity index (χ4n) is 2.59. The van der Waals surface area contributed by atoms with Crippen molar-refractivity contribution in [1.29, 1.82) is 5.26 Å². The van der Waals surface area contributed by atoms with Crippen LogP contribution < -0.4 is 10.5 Å². The Bertz CT molecular complexity index is 1050. The molecule has 0 saturated carbocycles. The second-order valence-electron chi connectivity index (χ2n) is 5.89. The Morgan fingerprint density at radius 1 is 1.19 bits per heavy atom. The number of thioether (sulfide) groups is 1. The highest BCUT2D eigenvalue weighted by Gasteiger charge is 2.17. The number of hydrogen-bond donors (Lipinski definition) is 1. The van der Waals surface area contributed by atoms with Gasteiger partial charge < -0.3 is 10.5 Å². The molecule has 0 fully saturated rings. The molecule has 138 valence electrons. The van der Waals surface area contributed by atoms with Crippen LogP contribution in [0.3, 0.4) is 0 Å². The first-order valence-electron chi connectivity index (χ1n) is 7.97. The molecule has 3 rings (SSSR count). The van der Waals surface area contributed by atoms with Crippen molar-refractivity contribution in [2.24, 2.45) is 0 Å². The first-order valence-corrected chi connectivity index (χ1v) is 9.57. The van der Waals surface area contributed by atoms with Crippen LogP contribution in [0.25, 0.3) is 5.82 Å². The van der Waals surface area contributed by atoms with E-state index in [4.69, 9.17) is 22.1 Å². The van der Waals surface area contributed by atoms with E-state index in [1.54, 1.807) is 13.0 Å². The van der Waals surface area contributed by atoms with Crippen molar-refractivity contribution >= 4 is 29.2 Å². The standard InChI is InChI=1S/C18H17ClN6OS/c1-9-5-12(6-10(2)16(9)19)26-15-7-14(22-18(23-15)27-4)25-17(21)13(8-20)11(3)24-25/h5-7H,21H2,1-4H3. The maximum absolute atomic E-state index is 9.23. The third kappa shape index (κ3) is 3.70. The fourth-order valence-corrected chi connectivity index (χ4v) is 3.06. The largest absolute Gasteiger partial charge is 0.439 e. The van der Waals surface area contributed by atoms with Gasteiger partial charge in [-0.1, -0.05) is 23.4 Å². The summed E-state index contributed by atoms with van der Waals surface area (Å²) in [4.78, 5) is 8.81. The fraction of sp³-hybridized carbons (Fsp3) is 0.222. The molecule has 0 spiro atoms. The van der Waals surface area contributed by atoms with Gasteiger partial charge in [-0.3, -0.25) is 0 Å². The number of nitrogen functional groups attached to an aromatic ring is 1. The summed E-state index contributed by atoms with van der Waals surface area (Å²) < 4.78 is 7.35. The normalized spacial score (nSPS) is 10.7. The third-order valence-corrected chi connectivity index (χ3v) is 5.05. The average Bonchev–Trinajstić information content (AvgIpc) is 2.93. The molecule has 0 atom stereocenters. The summed E-state index contributed by atoms with van der Waals surface area (Å²) in [6, 6.07) is 7.37. The summed E-state index contributed by atoms with van der Waals surface area (Å²) in [5.41, 5.74) is 8.74. The first-order chi connectivity index (χ1) is 12.8. The first kappa shape index (κ1) is 19.0. The molecule has 0 aliphatic rings. The molecule has 0 radical (unpaired) electrons. The van der Waals surface area contributed by atoms with Gasteiger partial charge in [0.05, 0.1) is 5.69 Å². The van der Waals surface area contributed by atoms with Gasteiger partial charge in [0.2, 0.25) is 5.88 Å². The number of rotatable bonds is 4. The van der Waals surface area contributed by atoms with Gasteiger partial charge in [0.1, 0.15) is 23.2 Å². The lowest BCUT2D eigenvalue weighted by Crippen LogP contribution is -2.07. The van der Waals surface area contributed by atoms with Crippen molar-refractivity contribution in [3.05, 3.63) is 45.6 Å². The Kier molecular flexibility index (Phi) is 5.26. The number of ether oxygens (including phenoxy) is 1. The number of halogens is 1. The molecule has 0 saturated heterocycles. The zero-order valence-corrected chi connectivity index (χ0v) is 16.8. The van der Waals surface area contributed by atoms with E-state index in [0.29, 0.717) is 38.9 Å². The molecule has 2 aromatic heterocycles. The van der Waals surface area contributed by atoms with E-state index in [0.717, 1.165) is 11.1 Å². The van der Waals surface area contributed by atoms with E-state index in [2.05, 4.69) is 21.1 Å². The van der Waals surface area contributed by atoms with Gasteiger partial charge in [-0.15, -0.1) is 0 Å². The van der Waals surface area contributed by atoms with E-state index >= 15 is 0 Å². The molecule has 0 aliphatic heterocycles. The zero-order chi connectivity index (χ0) is 19.7. The lowest BCUT2D eigenvalue weighted by atomic mass is 10.1. The number of benzene rings is 1. The Morgan fingerprint density at radius 3 is 2.41 bits per heavy atom. The maximum Gasteiger partial charge on any atom is 0.225 e. The van der Waals surface area contributed by atoms with Crippen LogP contribution in [0.4, 0.5) is 5.82 Å². The number of nitrogens with two attached hydrogens (primary N) is 1. The molecule has 0 bridgehead atoms. The summed E-state index contributed by atoms with van der Waals surface area (Å²) in [6.07, 6.45) is 1.86. The highest BCUT2D eigenvalue weighted by atomic mass is 35.5. The lowest BCUT2D eigenvalue weighted by Gasteiger charge is -2.11. The monoisotopic (exact) mass is 400 g/mol. The van der Waals surface area contributed by atoms with Crippen molar-refractivity contribution in [2.45, 2.75) is 25.9 Å². The summed E-state index contributed by atoms with van der Waals surface area (Å²) in [7, 11) is 0. The summed E-state index contributed by atoms with van der Waals surface area (Å²) in [5.74, 6) is 1.61. The van der Waals surface area contributed by atoms with E-state index in [9.17, 15) is 5.26 Å². The number of nitriles is 1. The minimum Gasteiger partial charge on any atom is -0.439 e. The van der Waals surface area contributed by atoms with E-state index in [1.165, 1.54) is 16.4 Å². The Balaban J connectivity index is 2.06. The molecule has 7 nitrogen and oxygen atoms in total. The zero-order valence-electron chi connectivity index (χ0n) is 15.2. The third-order valence-electron chi connectivity index (χ3n) is 3.91. The van der Waals surface area contributed by atoms with Crippen molar-refractivity contribution in [2.75, 3.05) is 12.0 Å². The maximum atomic E-state index is 9.23. The SMILES string of the molecule is CSc1nc(Oc2cc(C)c(Cl)c(C)c2)cc(-n2nc(C)c(C#N)c2N)n1. The average molecular weight is 401 g/mol. The van der Waals surface area contributed by atoms with Crippen molar-refractivity contribution < 1.29 is 4.74 Å². The molecule has 0 amide bonds. The van der Waals surface area contributed by atoms with Gasteiger partial charge in [-0.05, 0) is 50.3 Å². The molecule has 2 N–H and O–H groups in total. The topological polar surface area (TPSA) is 103 Å². The van der Waals surface area contributed by atoms with Crippen LogP contribution in [-0.4, -0.2) is 26.0 Å². The Morgan fingerprint density at radius 2 is 1.85 bits per heavy atom. The molecular weight excluding hydrogens is 384 g/mol. The second-order valence-corrected chi connectivity index (χ2v) is 7.04. The van der Waals surface area contributed by atoms with Crippen LogP contribution >= 0.6 is 23.4 Å². The highest BCUT2D eigenvalue weighted by Crippen LogP contribution is 2.30. The quantitative estimate of drug-likeness (QED) is 0.516. The number of anilines is 1. The van der Waals surface area contributed by atoms with Gasteiger partial charge >= 0.3 is 0 Å². The summed E-state index contributed by atoms with van der Waals surface area (Å²) in [5, 5.41) is 14.7. The second kappa shape index (κ2) is 7.47. The molecule has 9 heteroatoms. The molecular formula is C18H17ClN6OS. The van der Waals surface area contributed by atoms with Crippen LogP contribution in [0, 0.1) is 32.1 Å². The number of aromatic nitrogens is 4. The predicted octanol–water partition coefficient (Wildman–Crippen LogP) is 4.21. The summed E-state index contributed by atoms with van der Waals surface area (Å²) >= 11 is 7.58. The van der Waals surface area contributed by atoms with Gasteiger partial charge in [0, 0.05) is 11.1 Å². The summed E-state index contributed by atoms with van der Waals surface area (Å²) in [6.45, 7) is 5.55. The number of aryl methyl sites for hydroxylation is 3. The smallest absolute Gasteiger partial charge is 0.225 e. The van der Waals surface area contributed by atoms with Crippen LogP contribution in [0.5, 0.6) is 11.6 Å². The van der Waals surface area contributed by atoms with Crippen molar-refractivity contribution in [3.8, 4) is 23.5 Å². The molecule has 27 heavy (non-hydrogen) atoms. The predicted molar refractivity (Wildman–Crippen MR) is 106 cm³/mol. The molecule has 3 aromatic rings. The Labute approximate surface area is 166 Å².